The van der Waals surface area contributed by atoms with E-state index in [0.717, 1.165) is 25.2 Å². The van der Waals surface area contributed by atoms with Crippen molar-refractivity contribution in [2.45, 2.75) is 32.9 Å². The lowest BCUT2D eigenvalue weighted by Gasteiger charge is -2.23. The van der Waals surface area contributed by atoms with Gasteiger partial charge in [0.15, 0.2) is 0 Å². The molecule has 0 fully saturated rings. The second kappa shape index (κ2) is 6.17. The minimum absolute atomic E-state index is 0.584. The number of fused-ring (bicyclic) bond motifs is 1. The van der Waals surface area contributed by atoms with E-state index in [-0.39, 0.29) is 0 Å². The van der Waals surface area contributed by atoms with Crippen molar-refractivity contribution in [1.82, 2.24) is 19.6 Å². The highest BCUT2D eigenvalue weighted by molar-refractivity contribution is 5.42. The topological polar surface area (TPSA) is 32.6 Å². The summed E-state index contributed by atoms with van der Waals surface area (Å²) in [4.78, 5) is 6.72. The summed E-state index contributed by atoms with van der Waals surface area (Å²) in [5, 5.41) is 3.54. The molecule has 0 aliphatic rings. The largest absolute Gasteiger partial charge is 0.310 e. The number of nitrogens with zero attached hydrogens (tertiary/aromatic N) is 3. The second-order valence-electron chi connectivity index (χ2n) is 5.27. The fourth-order valence-corrected chi connectivity index (χ4v) is 2.46. The van der Waals surface area contributed by atoms with Crippen molar-refractivity contribution >= 4 is 5.65 Å². The van der Waals surface area contributed by atoms with E-state index in [2.05, 4.69) is 53.6 Å². The van der Waals surface area contributed by atoms with Crippen molar-refractivity contribution in [1.29, 1.82) is 0 Å². The minimum Gasteiger partial charge on any atom is -0.310 e. The van der Waals surface area contributed by atoms with Gasteiger partial charge in [-0.05, 0) is 39.6 Å². The van der Waals surface area contributed by atoms with Crippen LogP contribution in [-0.4, -0.2) is 41.0 Å². The van der Waals surface area contributed by atoms with Crippen molar-refractivity contribution in [2.75, 3.05) is 20.6 Å². The molecule has 104 valence electrons. The molecule has 0 aliphatic carbocycles. The van der Waals surface area contributed by atoms with E-state index < -0.39 is 0 Å². The van der Waals surface area contributed by atoms with Crippen LogP contribution in [0.4, 0.5) is 0 Å². The number of hydrogen-bond donors (Lipinski definition) is 1. The number of aryl methyl sites for hydroxylation is 1. The quantitative estimate of drug-likeness (QED) is 0.863. The van der Waals surface area contributed by atoms with Crippen molar-refractivity contribution < 1.29 is 0 Å². The van der Waals surface area contributed by atoms with Crippen LogP contribution in [-0.2, 0) is 6.54 Å². The Hall–Kier alpha value is -1.39. The molecule has 4 heteroatoms. The van der Waals surface area contributed by atoms with Gasteiger partial charge in [0, 0.05) is 24.8 Å². The molecule has 0 aromatic carbocycles. The van der Waals surface area contributed by atoms with Gasteiger partial charge in [-0.25, -0.2) is 4.98 Å². The van der Waals surface area contributed by atoms with Crippen LogP contribution in [0.15, 0.2) is 24.4 Å². The summed E-state index contributed by atoms with van der Waals surface area (Å²) < 4.78 is 2.21. The number of imidazole rings is 1. The molecular weight excluding hydrogens is 236 g/mol. The molecule has 1 N–H and O–H groups in total. The lowest BCUT2D eigenvalue weighted by Crippen LogP contribution is -2.37. The van der Waals surface area contributed by atoms with E-state index in [1.54, 1.807) is 0 Å². The maximum Gasteiger partial charge on any atom is 0.137 e. The Balaban J connectivity index is 2.02. The van der Waals surface area contributed by atoms with Gasteiger partial charge in [-0.2, -0.15) is 0 Å². The van der Waals surface area contributed by atoms with Crippen LogP contribution in [0.5, 0.6) is 0 Å². The van der Waals surface area contributed by atoms with Crippen LogP contribution in [0, 0.1) is 6.92 Å². The predicted molar refractivity (Wildman–Crippen MR) is 79.4 cm³/mol. The SMILES string of the molecule is CC[C@@H](CNCc1cnc2cccc(C)n12)N(C)C. The van der Waals surface area contributed by atoms with E-state index in [9.17, 15) is 0 Å². The van der Waals surface area contributed by atoms with E-state index >= 15 is 0 Å². The number of nitrogens with one attached hydrogen (secondary N) is 1. The number of hydrogen-bond acceptors (Lipinski definition) is 3. The first-order valence-corrected chi connectivity index (χ1v) is 6.92. The third-order valence-electron chi connectivity index (χ3n) is 3.69. The summed E-state index contributed by atoms with van der Waals surface area (Å²) in [5.74, 6) is 0. The predicted octanol–water partition coefficient (Wildman–Crippen LogP) is 2.07. The van der Waals surface area contributed by atoms with Crippen LogP contribution in [0.2, 0.25) is 0 Å². The molecule has 0 saturated carbocycles. The van der Waals surface area contributed by atoms with Crippen molar-refractivity contribution in [3.8, 4) is 0 Å². The number of rotatable bonds is 6. The molecule has 1 atom stereocenters. The van der Waals surface area contributed by atoms with Crippen molar-refractivity contribution in [3.63, 3.8) is 0 Å². The van der Waals surface area contributed by atoms with Gasteiger partial charge in [-0.3, -0.25) is 0 Å². The molecule has 2 aromatic rings. The maximum absolute atomic E-state index is 4.45. The molecule has 0 bridgehead atoms. The van der Waals surface area contributed by atoms with Crippen molar-refractivity contribution in [2.24, 2.45) is 0 Å². The van der Waals surface area contributed by atoms with Gasteiger partial charge in [0.2, 0.25) is 0 Å². The Labute approximate surface area is 115 Å². The molecular formula is C15H24N4. The first-order valence-electron chi connectivity index (χ1n) is 6.92. The molecule has 19 heavy (non-hydrogen) atoms. The summed E-state index contributed by atoms with van der Waals surface area (Å²) in [6, 6.07) is 6.80. The molecule has 0 spiro atoms. The number of likely N-dealkylation sites (N-methyl/N-ethyl adjacent to an activating group) is 1. The molecule has 0 radical (unpaired) electrons. The van der Waals surface area contributed by atoms with Gasteiger partial charge < -0.3 is 14.6 Å². The molecule has 0 saturated heterocycles. The summed E-state index contributed by atoms with van der Waals surface area (Å²) >= 11 is 0. The van der Waals surface area contributed by atoms with Gasteiger partial charge >= 0.3 is 0 Å². The molecule has 0 unspecified atom stereocenters. The fraction of sp³-hybridized carbons (Fsp3) is 0.533. The number of pyridine rings is 1. The third kappa shape index (κ3) is 3.14. The highest BCUT2D eigenvalue weighted by Gasteiger charge is 2.09. The van der Waals surface area contributed by atoms with Crippen LogP contribution in [0.25, 0.3) is 5.65 Å². The summed E-state index contributed by atoms with van der Waals surface area (Å²) in [6.07, 6.45) is 3.12. The third-order valence-corrected chi connectivity index (χ3v) is 3.69. The fourth-order valence-electron chi connectivity index (χ4n) is 2.46. The molecule has 4 nitrogen and oxygen atoms in total. The average Bonchev–Trinajstić information content (AvgIpc) is 2.79. The maximum atomic E-state index is 4.45. The second-order valence-corrected chi connectivity index (χ2v) is 5.27. The summed E-state index contributed by atoms with van der Waals surface area (Å²) in [5.41, 5.74) is 3.48. The lowest BCUT2D eigenvalue weighted by molar-refractivity contribution is 0.275. The van der Waals surface area contributed by atoms with Crippen LogP contribution in [0.3, 0.4) is 0 Å². The van der Waals surface area contributed by atoms with E-state index in [1.807, 2.05) is 18.3 Å². The Morgan fingerprint density at radius 3 is 2.84 bits per heavy atom. The Morgan fingerprint density at radius 2 is 2.16 bits per heavy atom. The molecule has 0 aliphatic heterocycles. The smallest absolute Gasteiger partial charge is 0.137 e. The van der Waals surface area contributed by atoms with Crippen LogP contribution < -0.4 is 5.32 Å². The van der Waals surface area contributed by atoms with E-state index in [4.69, 9.17) is 0 Å². The zero-order valence-electron chi connectivity index (χ0n) is 12.3. The summed E-state index contributed by atoms with van der Waals surface area (Å²) in [7, 11) is 4.27. The van der Waals surface area contributed by atoms with Gasteiger partial charge in [-0.15, -0.1) is 0 Å². The molecule has 2 heterocycles. The Bertz CT molecular complexity index is 530. The van der Waals surface area contributed by atoms with Gasteiger partial charge in [0.05, 0.1) is 11.9 Å². The first-order chi connectivity index (χ1) is 9.13. The zero-order valence-corrected chi connectivity index (χ0v) is 12.3. The monoisotopic (exact) mass is 260 g/mol. The standard InChI is InChI=1S/C15H24N4/c1-5-13(18(3)4)9-16-10-14-11-17-15-8-6-7-12(2)19(14)15/h6-8,11,13,16H,5,9-10H2,1-4H3/t13-/m0/s1. The highest BCUT2D eigenvalue weighted by Crippen LogP contribution is 2.10. The average molecular weight is 260 g/mol. The van der Waals surface area contributed by atoms with Crippen LogP contribution in [0.1, 0.15) is 24.7 Å². The summed E-state index contributed by atoms with van der Waals surface area (Å²) in [6.45, 7) is 6.20. The van der Waals surface area contributed by atoms with Crippen LogP contribution >= 0.6 is 0 Å². The number of aromatic nitrogens is 2. The minimum atomic E-state index is 0.584. The molecule has 2 aromatic heterocycles. The van der Waals surface area contributed by atoms with Gasteiger partial charge in [0.25, 0.3) is 0 Å². The van der Waals surface area contributed by atoms with Gasteiger partial charge in [0.1, 0.15) is 5.65 Å². The Kier molecular flexibility index (Phi) is 4.56. The molecule has 2 rings (SSSR count). The van der Waals surface area contributed by atoms with Crippen molar-refractivity contribution in [3.05, 3.63) is 35.8 Å². The molecule has 0 amide bonds. The first kappa shape index (κ1) is 14.0. The normalized spacial score (nSPS) is 13.3. The Morgan fingerprint density at radius 1 is 1.37 bits per heavy atom. The lowest BCUT2D eigenvalue weighted by atomic mass is 10.2. The van der Waals surface area contributed by atoms with E-state index in [1.165, 1.54) is 11.4 Å². The van der Waals surface area contributed by atoms with E-state index in [0.29, 0.717) is 6.04 Å². The highest BCUT2D eigenvalue weighted by atomic mass is 15.1. The zero-order chi connectivity index (χ0) is 13.8. The van der Waals surface area contributed by atoms with Gasteiger partial charge in [-0.1, -0.05) is 13.0 Å².